The summed E-state index contributed by atoms with van der Waals surface area (Å²) in [4.78, 5) is 28.6. The predicted molar refractivity (Wildman–Crippen MR) is 134 cm³/mol. The summed E-state index contributed by atoms with van der Waals surface area (Å²) in [6.07, 6.45) is 0.544. The zero-order valence-electron chi connectivity index (χ0n) is 18.8. The Balaban J connectivity index is 1.97. The van der Waals surface area contributed by atoms with Crippen molar-refractivity contribution in [3.05, 3.63) is 106 Å². The molecule has 2 amide bonds. The maximum atomic E-state index is 13.6. The minimum Gasteiger partial charge on any atom is -0.352 e. The van der Waals surface area contributed by atoms with Crippen LogP contribution in [0.5, 0.6) is 0 Å². The third-order valence-electron chi connectivity index (χ3n) is 5.19. The molecule has 0 aliphatic heterocycles. The van der Waals surface area contributed by atoms with Gasteiger partial charge in [-0.3, -0.25) is 9.59 Å². The molecule has 3 aromatic carbocycles. The van der Waals surface area contributed by atoms with E-state index < -0.39 is 6.04 Å². The van der Waals surface area contributed by atoms with E-state index in [0.717, 1.165) is 16.7 Å². The zero-order chi connectivity index (χ0) is 23.8. The first kappa shape index (κ1) is 24.8. The summed E-state index contributed by atoms with van der Waals surface area (Å²) < 4.78 is 0. The Labute approximate surface area is 205 Å². The van der Waals surface area contributed by atoms with E-state index in [1.807, 2.05) is 74.5 Å². The Hall–Kier alpha value is -2.82. The van der Waals surface area contributed by atoms with Gasteiger partial charge in [-0.05, 0) is 54.8 Å². The molecule has 0 spiro atoms. The lowest BCUT2D eigenvalue weighted by molar-refractivity contribution is -0.141. The number of amides is 2. The third-order valence-corrected chi connectivity index (χ3v) is 5.66. The van der Waals surface area contributed by atoms with Crippen LogP contribution in [0.15, 0.2) is 78.9 Å². The molecule has 0 fully saturated rings. The molecule has 0 unspecified atom stereocenters. The second kappa shape index (κ2) is 11.9. The first-order valence-corrected chi connectivity index (χ1v) is 11.7. The van der Waals surface area contributed by atoms with Gasteiger partial charge in [-0.1, -0.05) is 77.8 Å². The Bertz CT molecular complexity index is 1090. The summed E-state index contributed by atoms with van der Waals surface area (Å²) in [5, 5.41) is 4.14. The third kappa shape index (κ3) is 7.62. The SMILES string of the molecule is CC(C)NC(=O)[C@H](Cc1ccccc1)N(Cc1cccc(Cl)c1)C(=O)Cc1cccc(Cl)c1. The molecule has 4 nitrogen and oxygen atoms in total. The zero-order valence-corrected chi connectivity index (χ0v) is 20.3. The molecule has 0 heterocycles. The number of carbonyl (C=O) groups excluding carboxylic acids is 2. The molecule has 172 valence electrons. The minimum atomic E-state index is -0.680. The van der Waals surface area contributed by atoms with Crippen LogP contribution in [0.25, 0.3) is 0 Å². The second-order valence-electron chi connectivity index (χ2n) is 8.33. The molecule has 1 atom stereocenters. The molecule has 0 radical (unpaired) electrons. The Morgan fingerprint density at radius 2 is 1.39 bits per heavy atom. The lowest BCUT2D eigenvalue weighted by Gasteiger charge is -2.32. The molecular weight excluding hydrogens is 455 g/mol. The van der Waals surface area contributed by atoms with Crippen molar-refractivity contribution in [3.63, 3.8) is 0 Å². The molecule has 6 heteroatoms. The van der Waals surface area contributed by atoms with E-state index in [9.17, 15) is 9.59 Å². The number of nitrogens with zero attached hydrogens (tertiary/aromatic N) is 1. The number of halogens is 2. The van der Waals surface area contributed by atoms with Crippen LogP contribution >= 0.6 is 23.2 Å². The second-order valence-corrected chi connectivity index (χ2v) is 9.20. The summed E-state index contributed by atoms with van der Waals surface area (Å²) >= 11 is 12.3. The Morgan fingerprint density at radius 3 is 2.00 bits per heavy atom. The first-order valence-electron chi connectivity index (χ1n) is 10.9. The van der Waals surface area contributed by atoms with Crippen molar-refractivity contribution < 1.29 is 9.59 Å². The number of rotatable bonds is 9. The van der Waals surface area contributed by atoms with Crippen LogP contribution < -0.4 is 5.32 Å². The first-order chi connectivity index (χ1) is 15.8. The molecule has 0 aliphatic carbocycles. The fraction of sp³-hybridized carbons (Fsp3) is 0.259. The quantitative estimate of drug-likeness (QED) is 0.425. The van der Waals surface area contributed by atoms with Gasteiger partial charge in [-0.15, -0.1) is 0 Å². The molecular formula is C27H28Cl2N2O2. The number of hydrogen-bond donors (Lipinski definition) is 1. The highest BCUT2D eigenvalue weighted by atomic mass is 35.5. The van der Waals surface area contributed by atoms with Crippen molar-refractivity contribution in [2.45, 2.75) is 45.3 Å². The van der Waals surface area contributed by atoms with Gasteiger partial charge < -0.3 is 10.2 Å². The molecule has 0 saturated carbocycles. The number of benzene rings is 3. The smallest absolute Gasteiger partial charge is 0.243 e. The van der Waals surface area contributed by atoms with Gasteiger partial charge in [0.15, 0.2) is 0 Å². The van der Waals surface area contributed by atoms with Gasteiger partial charge in [0, 0.05) is 29.1 Å². The molecule has 3 aromatic rings. The average molecular weight is 483 g/mol. The number of hydrogen-bond acceptors (Lipinski definition) is 2. The van der Waals surface area contributed by atoms with Crippen LogP contribution in [0.2, 0.25) is 10.0 Å². The maximum absolute atomic E-state index is 13.6. The van der Waals surface area contributed by atoms with Crippen molar-refractivity contribution in [2.75, 3.05) is 0 Å². The van der Waals surface area contributed by atoms with Gasteiger partial charge in [-0.2, -0.15) is 0 Å². The largest absolute Gasteiger partial charge is 0.352 e. The number of nitrogens with one attached hydrogen (secondary N) is 1. The fourth-order valence-electron chi connectivity index (χ4n) is 3.69. The Kier molecular flexibility index (Phi) is 8.93. The maximum Gasteiger partial charge on any atom is 0.243 e. The molecule has 33 heavy (non-hydrogen) atoms. The van der Waals surface area contributed by atoms with Gasteiger partial charge in [0.05, 0.1) is 6.42 Å². The lowest BCUT2D eigenvalue weighted by atomic mass is 10.0. The predicted octanol–water partition coefficient (Wildman–Crippen LogP) is 5.70. The van der Waals surface area contributed by atoms with Gasteiger partial charge >= 0.3 is 0 Å². The summed E-state index contributed by atoms with van der Waals surface area (Å²) in [5.74, 6) is -0.340. The highest BCUT2D eigenvalue weighted by molar-refractivity contribution is 6.30. The van der Waals surface area contributed by atoms with E-state index in [-0.39, 0.29) is 30.8 Å². The normalized spacial score (nSPS) is 11.8. The van der Waals surface area contributed by atoms with Crippen molar-refractivity contribution in [2.24, 2.45) is 0 Å². The highest BCUT2D eigenvalue weighted by Gasteiger charge is 2.30. The van der Waals surface area contributed by atoms with Crippen molar-refractivity contribution in [1.29, 1.82) is 0 Å². The molecule has 0 aliphatic rings. The van der Waals surface area contributed by atoms with E-state index >= 15 is 0 Å². The highest BCUT2D eigenvalue weighted by Crippen LogP contribution is 2.19. The van der Waals surface area contributed by atoms with E-state index in [1.54, 1.807) is 23.1 Å². The van der Waals surface area contributed by atoms with Crippen molar-refractivity contribution in [1.82, 2.24) is 10.2 Å². The van der Waals surface area contributed by atoms with Crippen LogP contribution in [0.1, 0.15) is 30.5 Å². The van der Waals surface area contributed by atoms with Crippen LogP contribution in [0.3, 0.4) is 0 Å². The summed E-state index contributed by atoms with van der Waals surface area (Å²) in [6, 6.07) is 23.6. The lowest BCUT2D eigenvalue weighted by Crippen LogP contribution is -2.52. The molecule has 0 saturated heterocycles. The van der Waals surface area contributed by atoms with Crippen LogP contribution in [0, 0.1) is 0 Å². The van der Waals surface area contributed by atoms with Crippen molar-refractivity contribution in [3.8, 4) is 0 Å². The van der Waals surface area contributed by atoms with Gasteiger partial charge in [0.1, 0.15) is 6.04 Å². The summed E-state index contributed by atoms with van der Waals surface area (Å²) in [7, 11) is 0. The van der Waals surface area contributed by atoms with Gasteiger partial charge in [-0.25, -0.2) is 0 Å². The summed E-state index contributed by atoms with van der Waals surface area (Å²) in [6.45, 7) is 4.09. The van der Waals surface area contributed by atoms with E-state index in [1.165, 1.54) is 0 Å². The standard InChI is InChI=1S/C27H28Cl2N2O2/c1-19(2)30-27(33)25(16-20-8-4-3-5-9-20)31(18-22-11-7-13-24(29)15-22)26(32)17-21-10-6-12-23(28)14-21/h3-15,19,25H,16-18H2,1-2H3,(H,30,33)/t25-/m0/s1. The van der Waals surface area contributed by atoms with Crippen molar-refractivity contribution >= 4 is 35.0 Å². The monoisotopic (exact) mass is 482 g/mol. The van der Waals surface area contributed by atoms with Gasteiger partial charge in [0.25, 0.3) is 0 Å². The van der Waals surface area contributed by atoms with Crippen LogP contribution in [0.4, 0.5) is 0 Å². The van der Waals surface area contributed by atoms with E-state index in [0.29, 0.717) is 16.5 Å². The molecule has 3 rings (SSSR count). The molecule has 0 bridgehead atoms. The molecule has 1 N–H and O–H groups in total. The van der Waals surface area contributed by atoms with Gasteiger partial charge in [0.2, 0.25) is 11.8 Å². The fourth-order valence-corrected chi connectivity index (χ4v) is 4.12. The summed E-state index contributed by atoms with van der Waals surface area (Å²) in [5.41, 5.74) is 2.64. The Morgan fingerprint density at radius 1 is 0.818 bits per heavy atom. The van der Waals surface area contributed by atoms with E-state index in [4.69, 9.17) is 23.2 Å². The average Bonchev–Trinajstić information content (AvgIpc) is 2.76. The van der Waals surface area contributed by atoms with E-state index in [2.05, 4.69) is 5.32 Å². The molecule has 0 aromatic heterocycles. The topological polar surface area (TPSA) is 49.4 Å². The van der Waals surface area contributed by atoms with Crippen LogP contribution in [-0.2, 0) is 29.0 Å². The van der Waals surface area contributed by atoms with Crippen LogP contribution in [-0.4, -0.2) is 28.8 Å². The minimum absolute atomic E-state index is 0.0492. The number of carbonyl (C=O) groups is 2.